The molecule has 0 bridgehead atoms. The number of carbonyl (C=O) groups excluding carboxylic acids is 2. The Bertz CT molecular complexity index is 1570. The van der Waals surface area contributed by atoms with Gasteiger partial charge in [0, 0.05) is 29.0 Å². The number of nitro groups is 1. The number of thioether (sulfide) groups is 1. The van der Waals surface area contributed by atoms with Crippen molar-refractivity contribution in [1.82, 2.24) is 10.2 Å². The van der Waals surface area contributed by atoms with Crippen molar-refractivity contribution in [3.05, 3.63) is 111 Å². The van der Waals surface area contributed by atoms with Crippen LogP contribution >= 0.6 is 23.1 Å². The number of anilines is 1. The van der Waals surface area contributed by atoms with E-state index in [2.05, 4.69) is 10.2 Å². The monoisotopic (exact) mass is 546 g/mol. The maximum Gasteiger partial charge on any atom is 0.301 e. The van der Waals surface area contributed by atoms with E-state index in [0.29, 0.717) is 10.1 Å². The third-order valence-corrected chi connectivity index (χ3v) is 7.96. The van der Waals surface area contributed by atoms with Gasteiger partial charge in [0.2, 0.25) is 5.13 Å². The molecule has 0 saturated carbocycles. The Morgan fingerprint density at radius 3 is 2.37 bits per heavy atom. The number of aromatic hydroxyl groups is 1. The Hall–Kier alpha value is -4.55. The van der Waals surface area contributed by atoms with E-state index in [0.717, 1.165) is 21.8 Å². The van der Waals surface area contributed by atoms with Crippen LogP contribution in [0.5, 0.6) is 5.75 Å². The first-order valence-corrected chi connectivity index (χ1v) is 13.0. The topological polar surface area (TPSA) is 147 Å². The summed E-state index contributed by atoms with van der Waals surface area (Å²) in [5, 5.41) is 41.2. The van der Waals surface area contributed by atoms with Gasteiger partial charge in [0.1, 0.15) is 17.6 Å². The second kappa shape index (κ2) is 10.4. The largest absolute Gasteiger partial charge is 0.508 e. The number of aromatic nitrogens is 2. The van der Waals surface area contributed by atoms with Gasteiger partial charge < -0.3 is 10.2 Å². The van der Waals surface area contributed by atoms with Crippen LogP contribution in [0.4, 0.5) is 10.8 Å². The summed E-state index contributed by atoms with van der Waals surface area (Å²) in [6, 6.07) is 19.6. The number of para-hydroxylation sites is 1. The molecule has 0 spiro atoms. The van der Waals surface area contributed by atoms with Crippen molar-refractivity contribution in [2.75, 3.05) is 4.90 Å². The van der Waals surface area contributed by atoms with Gasteiger partial charge >= 0.3 is 5.91 Å². The van der Waals surface area contributed by atoms with Gasteiger partial charge in [-0.05, 0) is 23.8 Å². The number of hydrogen-bond donors (Lipinski definition) is 2. The van der Waals surface area contributed by atoms with Crippen LogP contribution in [0.3, 0.4) is 0 Å². The molecule has 10 nitrogen and oxygen atoms in total. The van der Waals surface area contributed by atoms with Crippen molar-refractivity contribution in [2.45, 2.75) is 16.1 Å². The fourth-order valence-corrected chi connectivity index (χ4v) is 5.84. The van der Waals surface area contributed by atoms with Crippen LogP contribution in [-0.2, 0) is 15.3 Å². The van der Waals surface area contributed by atoms with Gasteiger partial charge in [-0.3, -0.25) is 24.6 Å². The van der Waals surface area contributed by atoms with Gasteiger partial charge in [-0.15, -0.1) is 10.2 Å². The first-order valence-electron chi connectivity index (χ1n) is 11.2. The van der Waals surface area contributed by atoms with E-state index in [4.69, 9.17) is 0 Å². The number of aliphatic hydroxyl groups excluding tert-OH is 1. The van der Waals surface area contributed by atoms with E-state index >= 15 is 0 Å². The number of phenolic OH excluding ortho intramolecular Hbond substituents is 1. The van der Waals surface area contributed by atoms with Crippen molar-refractivity contribution in [3.63, 3.8) is 0 Å². The predicted octanol–water partition coefficient (Wildman–Crippen LogP) is 5.07. The number of nitrogens with zero attached hydrogens (tertiary/aromatic N) is 4. The molecule has 2 heterocycles. The van der Waals surface area contributed by atoms with Gasteiger partial charge in [0.05, 0.1) is 10.5 Å². The molecule has 4 aromatic rings. The minimum atomic E-state index is -1.20. The molecule has 5 rings (SSSR count). The number of aliphatic hydroxyl groups is 1. The van der Waals surface area contributed by atoms with Crippen LogP contribution in [0.25, 0.3) is 5.76 Å². The SMILES string of the molecule is O=C1C(=O)N(c2nnc(SCc3ccccc3)s2)C(c2ccccc2O)/C1=C(\O)c1ccc([N+](=O)[O-])cc1. The smallest absolute Gasteiger partial charge is 0.301 e. The summed E-state index contributed by atoms with van der Waals surface area (Å²) in [6.45, 7) is 0. The minimum Gasteiger partial charge on any atom is -0.508 e. The van der Waals surface area contributed by atoms with Crippen LogP contribution in [0.1, 0.15) is 22.7 Å². The van der Waals surface area contributed by atoms with Gasteiger partial charge in [0.15, 0.2) is 4.34 Å². The average Bonchev–Trinajstić information content (AvgIpc) is 3.50. The van der Waals surface area contributed by atoms with Crippen molar-refractivity contribution in [2.24, 2.45) is 0 Å². The Kier molecular flexibility index (Phi) is 6.90. The molecule has 3 aromatic carbocycles. The maximum absolute atomic E-state index is 13.3. The number of Topliss-reactive ketones (excluding diaryl/α,β-unsaturated/α-hetero) is 1. The molecule has 38 heavy (non-hydrogen) atoms. The highest BCUT2D eigenvalue weighted by molar-refractivity contribution is 8.00. The van der Waals surface area contributed by atoms with Crippen LogP contribution in [0.15, 0.2) is 88.8 Å². The molecule has 0 aliphatic carbocycles. The Morgan fingerprint density at radius 2 is 1.68 bits per heavy atom. The Labute approximate surface area is 224 Å². The highest BCUT2D eigenvalue weighted by Gasteiger charge is 2.49. The normalized spacial score (nSPS) is 16.6. The van der Waals surface area contributed by atoms with Crippen molar-refractivity contribution in [3.8, 4) is 5.75 Å². The van der Waals surface area contributed by atoms with Crippen LogP contribution in [0.2, 0.25) is 0 Å². The maximum atomic E-state index is 13.3. The van der Waals surface area contributed by atoms with E-state index in [1.54, 1.807) is 12.1 Å². The molecule has 1 aliphatic rings. The number of ketones is 1. The second-order valence-electron chi connectivity index (χ2n) is 8.16. The van der Waals surface area contributed by atoms with E-state index in [9.17, 15) is 29.9 Å². The molecule has 1 fully saturated rings. The average molecular weight is 547 g/mol. The fourth-order valence-electron chi connectivity index (χ4n) is 4.02. The number of benzene rings is 3. The Morgan fingerprint density at radius 1 is 1.00 bits per heavy atom. The van der Waals surface area contributed by atoms with Crippen molar-refractivity contribution >= 4 is 51.4 Å². The molecule has 1 atom stereocenters. The number of carbonyl (C=O) groups is 2. The number of phenols is 1. The summed E-state index contributed by atoms with van der Waals surface area (Å²) in [5.74, 6) is -2.03. The molecule has 1 aromatic heterocycles. The third kappa shape index (κ3) is 4.74. The quantitative estimate of drug-likeness (QED) is 0.0617. The molecule has 1 aliphatic heterocycles. The van der Waals surface area contributed by atoms with Gasteiger partial charge in [-0.25, -0.2) is 0 Å². The van der Waals surface area contributed by atoms with E-state index in [-0.39, 0.29) is 33.3 Å². The summed E-state index contributed by atoms with van der Waals surface area (Å²) in [4.78, 5) is 38.1. The second-order valence-corrected chi connectivity index (χ2v) is 10.3. The highest BCUT2D eigenvalue weighted by atomic mass is 32.2. The molecule has 0 radical (unpaired) electrons. The zero-order valence-electron chi connectivity index (χ0n) is 19.4. The van der Waals surface area contributed by atoms with Crippen LogP contribution in [-0.4, -0.2) is 37.0 Å². The molecule has 1 unspecified atom stereocenters. The lowest BCUT2D eigenvalue weighted by molar-refractivity contribution is -0.384. The first-order chi connectivity index (χ1) is 18.3. The number of rotatable bonds is 7. The van der Waals surface area contributed by atoms with E-state index in [1.807, 2.05) is 30.3 Å². The van der Waals surface area contributed by atoms with E-state index in [1.165, 1.54) is 48.2 Å². The van der Waals surface area contributed by atoms with Gasteiger partial charge in [0.25, 0.3) is 11.5 Å². The third-order valence-electron chi connectivity index (χ3n) is 5.83. The molecule has 1 saturated heterocycles. The van der Waals surface area contributed by atoms with Crippen molar-refractivity contribution in [1.29, 1.82) is 0 Å². The summed E-state index contributed by atoms with van der Waals surface area (Å²) in [5.41, 5.74) is 0.897. The number of amides is 1. The standard InChI is InChI=1S/C26H18N4O6S2/c31-19-9-5-4-8-18(19)21-20(22(32)16-10-12-17(13-11-16)30(35)36)23(33)24(34)29(21)25-27-28-26(38-25)37-14-15-6-2-1-3-7-15/h1-13,21,31-32H,14H2/b22-20+. The van der Waals surface area contributed by atoms with Crippen molar-refractivity contribution < 1.29 is 24.7 Å². The lowest BCUT2D eigenvalue weighted by Gasteiger charge is -2.23. The Balaban J connectivity index is 1.56. The summed E-state index contributed by atoms with van der Waals surface area (Å²) in [6.07, 6.45) is 0. The molecule has 190 valence electrons. The molecule has 12 heteroatoms. The van der Waals surface area contributed by atoms with Crippen LogP contribution < -0.4 is 4.90 Å². The lowest BCUT2D eigenvalue weighted by atomic mass is 9.95. The fraction of sp³-hybridized carbons (Fsp3) is 0.0769. The lowest BCUT2D eigenvalue weighted by Crippen LogP contribution is -2.29. The van der Waals surface area contributed by atoms with Crippen LogP contribution in [0, 0.1) is 10.1 Å². The predicted molar refractivity (Wildman–Crippen MR) is 142 cm³/mol. The minimum absolute atomic E-state index is 0.102. The van der Waals surface area contributed by atoms with E-state index < -0.39 is 28.4 Å². The number of non-ortho nitro benzene ring substituents is 1. The molecular formula is C26H18N4O6S2. The number of nitro benzene ring substituents is 1. The summed E-state index contributed by atoms with van der Waals surface area (Å²) in [7, 11) is 0. The zero-order chi connectivity index (χ0) is 26.8. The summed E-state index contributed by atoms with van der Waals surface area (Å²) < 4.78 is 0.567. The summed E-state index contributed by atoms with van der Waals surface area (Å²) >= 11 is 2.53. The molecule has 2 N–H and O–H groups in total. The van der Waals surface area contributed by atoms with Gasteiger partial charge in [-0.2, -0.15) is 0 Å². The first kappa shape index (κ1) is 25.1. The van der Waals surface area contributed by atoms with Gasteiger partial charge in [-0.1, -0.05) is 71.6 Å². The number of hydrogen-bond acceptors (Lipinski definition) is 10. The highest BCUT2D eigenvalue weighted by Crippen LogP contribution is 2.46. The molecular weight excluding hydrogens is 528 g/mol. The molecule has 1 amide bonds. The zero-order valence-corrected chi connectivity index (χ0v) is 21.1.